The molecular weight excluding hydrogens is 334 g/mol. The Morgan fingerprint density at radius 2 is 1.81 bits per heavy atom. The normalized spacial score (nSPS) is 20.2. The van der Waals surface area contributed by atoms with E-state index >= 15 is 0 Å². The van der Waals surface area contributed by atoms with Crippen molar-refractivity contribution in [2.24, 2.45) is 0 Å². The number of nitrogens with zero attached hydrogens (tertiary/aromatic N) is 1. The third-order valence-corrected chi connectivity index (χ3v) is 4.58. The summed E-state index contributed by atoms with van der Waals surface area (Å²) in [4.78, 5) is 38.3. The molecule has 1 aromatic carbocycles. The van der Waals surface area contributed by atoms with Gasteiger partial charge in [-0.2, -0.15) is 0 Å². The van der Waals surface area contributed by atoms with Gasteiger partial charge in [-0.05, 0) is 58.2 Å². The summed E-state index contributed by atoms with van der Waals surface area (Å²) in [5.74, 6) is 0.393. The lowest BCUT2D eigenvalue weighted by Crippen LogP contribution is -2.43. The van der Waals surface area contributed by atoms with Gasteiger partial charge in [-0.25, -0.2) is 9.69 Å². The second kappa shape index (κ2) is 7.48. The quantitative estimate of drug-likeness (QED) is 0.803. The molecule has 2 amide bonds. The van der Waals surface area contributed by atoms with Crippen LogP contribution in [0.15, 0.2) is 24.3 Å². The van der Waals surface area contributed by atoms with Gasteiger partial charge < -0.3 is 14.3 Å². The molecule has 1 atom stereocenters. The molecule has 26 heavy (non-hydrogen) atoms. The first-order valence-electron chi connectivity index (χ1n) is 8.78. The van der Waals surface area contributed by atoms with Gasteiger partial charge in [0.15, 0.2) is 0 Å². The Kier molecular flexibility index (Phi) is 5.74. The molecule has 1 aliphatic rings. The van der Waals surface area contributed by atoms with Crippen LogP contribution in [0, 0.1) is 0 Å². The van der Waals surface area contributed by atoms with Crippen LogP contribution in [0.25, 0.3) is 0 Å². The smallest absolute Gasteiger partial charge is 0.417 e. The van der Waals surface area contributed by atoms with E-state index in [4.69, 9.17) is 9.47 Å². The van der Waals surface area contributed by atoms with Gasteiger partial charge in [0.05, 0.1) is 12.5 Å². The number of methoxy groups -OCH3 is 1. The van der Waals surface area contributed by atoms with Crippen molar-refractivity contribution >= 4 is 17.8 Å². The van der Waals surface area contributed by atoms with Crippen molar-refractivity contribution in [2.75, 3.05) is 13.7 Å². The molecule has 0 unspecified atom stereocenters. The first-order valence-corrected chi connectivity index (χ1v) is 8.78. The van der Waals surface area contributed by atoms with Gasteiger partial charge in [0.2, 0.25) is 5.91 Å². The number of amides is 2. The Labute approximate surface area is 154 Å². The topological polar surface area (TPSA) is 72.9 Å². The fourth-order valence-corrected chi connectivity index (χ4v) is 3.20. The van der Waals surface area contributed by atoms with E-state index < -0.39 is 17.1 Å². The van der Waals surface area contributed by atoms with Gasteiger partial charge in [-0.15, -0.1) is 0 Å². The fourth-order valence-electron chi connectivity index (χ4n) is 3.20. The maximum absolute atomic E-state index is 13.2. The van der Waals surface area contributed by atoms with E-state index in [1.165, 1.54) is 6.92 Å². The summed E-state index contributed by atoms with van der Waals surface area (Å²) in [5.41, 5.74) is -0.785. The molecule has 0 aliphatic carbocycles. The van der Waals surface area contributed by atoms with Gasteiger partial charge in [0.1, 0.15) is 17.1 Å². The first-order chi connectivity index (χ1) is 12.1. The van der Waals surface area contributed by atoms with Crippen molar-refractivity contribution in [3.63, 3.8) is 0 Å². The van der Waals surface area contributed by atoms with E-state index in [1.807, 2.05) is 12.1 Å². The monoisotopic (exact) mass is 361 g/mol. The number of carbonyl (C=O) groups excluding carboxylic acids is 3. The highest BCUT2D eigenvalue weighted by molar-refractivity contribution is 6.00. The predicted molar refractivity (Wildman–Crippen MR) is 97.2 cm³/mol. The Bertz CT molecular complexity index is 689. The Morgan fingerprint density at radius 1 is 1.19 bits per heavy atom. The molecule has 6 heteroatoms. The van der Waals surface area contributed by atoms with Crippen molar-refractivity contribution in [1.29, 1.82) is 0 Å². The van der Waals surface area contributed by atoms with E-state index in [0.29, 0.717) is 18.6 Å². The molecule has 1 fully saturated rings. The molecular formula is C20H27NO5. The molecule has 0 saturated carbocycles. The highest BCUT2D eigenvalue weighted by atomic mass is 16.6. The summed E-state index contributed by atoms with van der Waals surface area (Å²) >= 11 is 0. The highest BCUT2D eigenvalue weighted by Gasteiger charge is 2.50. The maximum atomic E-state index is 13.2. The third kappa shape index (κ3) is 4.23. The van der Waals surface area contributed by atoms with Crippen LogP contribution in [0.5, 0.6) is 5.75 Å². The van der Waals surface area contributed by atoms with E-state index in [1.54, 1.807) is 40.0 Å². The van der Waals surface area contributed by atoms with Crippen LogP contribution >= 0.6 is 0 Å². The Hall–Kier alpha value is -2.37. The van der Waals surface area contributed by atoms with Crippen LogP contribution in [0.1, 0.15) is 52.5 Å². The molecule has 1 aromatic rings. The summed E-state index contributed by atoms with van der Waals surface area (Å²) in [6, 6.07) is 7.23. The number of carbonyl (C=O) groups is 3. The number of likely N-dealkylation sites (tertiary alicyclic amines) is 1. The van der Waals surface area contributed by atoms with E-state index in [-0.39, 0.29) is 24.7 Å². The molecule has 0 spiro atoms. The van der Waals surface area contributed by atoms with Crippen molar-refractivity contribution in [3.05, 3.63) is 29.8 Å². The zero-order valence-corrected chi connectivity index (χ0v) is 16.1. The Balaban J connectivity index is 2.34. The molecule has 2 rings (SSSR count). The average molecular weight is 361 g/mol. The minimum absolute atomic E-state index is 0.0152. The number of ketones is 1. The number of Topliss-reactive ketones (excluding diaryl/α,β-unsaturated/α-hetero) is 1. The van der Waals surface area contributed by atoms with Gasteiger partial charge in [-0.3, -0.25) is 4.79 Å². The molecule has 0 N–H and O–H groups in total. The first kappa shape index (κ1) is 19.9. The zero-order valence-electron chi connectivity index (χ0n) is 16.1. The number of ether oxygens (including phenoxy) is 2. The number of hydrogen-bond acceptors (Lipinski definition) is 5. The fraction of sp³-hybridized carbons (Fsp3) is 0.550. The van der Waals surface area contributed by atoms with Crippen LogP contribution in [0.2, 0.25) is 0 Å². The number of hydrogen-bond donors (Lipinski definition) is 0. The lowest BCUT2D eigenvalue weighted by Gasteiger charge is -2.29. The van der Waals surface area contributed by atoms with Crippen LogP contribution in [0.4, 0.5) is 4.79 Å². The van der Waals surface area contributed by atoms with Gasteiger partial charge in [0.25, 0.3) is 0 Å². The Morgan fingerprint density at radius 3 is 2.31 bits per heavy atom. The van der Waals surface area contributed by atoms with Crippen molar-refractivity contribution in [2.45, 2.75) is 58.0 Å². The van der Waals surface area contributed by atoms with Gasteiger partial charge in [0, 0.05) is 13.0 Å². The molecule has 142 valence electrons. The SMILES string of the molecule is COc1ccc([C@@]2(CCC(C)=O)CCN(C(=O)OC(C)(C)C)C2=O)cc1. The predicted octanol–water partition coefficient (Wildman–Crippen LogP) is 3.47. The minimum Gasteiger partial charge on any atom is -0.497 e. The van der Waals surface area contributed by atoms with E-state index in [9.17, 15) is 14.4 Å². The van der Waals surface area contributed by atoms with Crippen LogP contribution < -0.4 is 4.74 Å². The summed E-state index contributed by atoms with van der Waals surface area (Å²) in [6.07, 6.45) is 0.470. The second-order valence-corrected chi connectivity index (χ2v) is 7.70. The summed E-state index contributed by atoms with van der Waals surface area (Å²) in [6.45, 7) is 7.07. The molecule has 0 radical (unpaired) electrons. The summed E-state index contributed by atoms with van der Waals surface area (Å²) in [5, 5.41) is 0. The van der Waals surface area contributed by atoms with E-state index in [0.717, 1.165) is 10.5 Å². The highest BCUT2D eigenvalue weighted by Crippen LogP contribution is 2.41. The maximum Gasteiger partial charge on any atom is 0.417 e. The average Bonchev–Trinajstić information content (AvgIpc) is 2.89. The van der Waals surface area contributed by atoms with Crippen molar-refractivity contribution < 1.29 is 23.9 Å². The van der Waals surface area contributed by atoms with Crippen molar-refractivity contribution in [1.82, 2.24) is 4.90 Å². The molecule has 6 nitrogen and oxygen atoms in total. The van der Waals surface area contributed by atoms with Crippen LogP contribution in [0.3, 0.4) is 0 Å². The molecule has 0 bridgehead atoms. The van der Waals surface area contributed by atoms with Gasteiger partial charge >= 0.3 is 6.09 Å². The van der Waals surface area contributed by atoms with E-state index in [2.05, 4.69) is 0 Å². The molecule has 0 aromatic heterocycles. The number of benzene rings is 1. The van der Waals surface area contributed by atoms with Crippen molar-refractivity contribution in [3.8, 4) is 5.75 Å². The number of imide groups is 1. The van der Waals surface area contributed by atoms with Gasteiger partial charge in [-0.1, -0.05) is 12.1 Å². The molecule has 1 aliphatic heterocycles. The lowest BCUT2D eigenvalue weighted by molar-refractivity contribution is -0.132. The second-order valence-electron chi connectivity index (χ2n) is 7.70. The van der Waals surface area contributed by atoms with Crippen LogP contribution in [-0.2, 0) is 19.7 Å². The minimum atomic E-state index is -0.894. The molecule has 1 saturated heterocycles. The van der Waals surface area contributed by atoms with Crippen LogP contribution in [-0.4, -0.2) is 41.9 Å². The summed E-state index contributed by atoms with van der Waals surface area (Å²) in [7, 11) is 1.57. The third-order valence-electron chi connectivity index (χ3n) is 4.58. The standard InChI is InChI=1S/C20H27NO5/c1-14(22)10-11-20(15-6-8-16(25-5)9-7-15)12-13-21(17(20)23)18(24)26-19(2,3)4/h6-9H,10-13H2,1-5H3/t20-/m1/s1. The number of rotatable bonds is 5. The zero-order chi connectivity index (χ0) is 19.5. The largest absolute Gasteiger partial charge is 0.497 e. The summed E-state index contributed by atoms with van der Waals surface area (Å²) < 4.78 is 10.5. The lowest BCUT2D eigenvalue weighted by atomic mass is 9.75. The molecule has 1 heterocycles.